The Bertz CT molecular complexity index is 463. The molecular weight excluding hydrogens is 304 g/mol. The van der Waals surface area contributed by atoms with Gasteiger partial charge in [-0.2, -0.15) is 0 Å². The molecule has 1 unspecified atom stereocenters. The summed E-state index contributed by atoms with van der Waals surface area (Å²) in [6, 6.07) is 7.89. The summed E-state index contributed by atoms with van der Waals surface area (Å²) in [6.45, 7) is 3.47. The number of hydrogen-bond donors (Lipinski definition) is 1. The summed E-state index contributed by atoms with van der Waals surface area (Å²) in [4.78, 5) is 14.5. The smallest absolute Gasteiger partial charge is 0.227 e. The van der Waals surface area contributed by atoms with E-state index in [0.29, 0.717) is 13.0 Å². The molecule has 1 heterocycles. The van der Waals surface area contributed by atoms with E-state index in [9.17, 15) is 4.79 Å². The molecule has 0 saturated carbocycles. The van der Waals surface area contributed by atoms with Crippen LogP contribution in [0.25, 0.3) is 0 Å². The molecule has 1 atom stereocenters. The monoisotopic (exact) mass is 324 g/mol. The molecule has 1 aliphatic heterocycles. The Hall–Kier alpha value is -0.870. The molecule has 2 N–H and O–H groups in total. The number of carbonyl (C=O) groups is 1. The van der Waals surface area contributed by atoms with Gasteiger partial charge in [-0.3, -0.25) is 4.79 Å². The Labute approximate surface area is 123 Å². The van der Waals surface area contributed by atoms with E-state index in [1.54, 1.807) is 0 Å². The van der Waals surface area contributed by atoms with Crippen molar-refractivity contribution in [2.75, 3.05) is 13.1 Å². The van der Waals surface area contributed by atoms with Crippen molar-refractivity contribution in [2.24, 2.45) is 5.73 Å². The molecule has 104 valence electrons. The third-order valence-electron chi connectivity index (χ3n) is 4.04. The van der Waals surface area contributed by atoms with E-state index in [2.05, 4.69) is 22.9 Å². The molecular formula is C15H21BrN2O. The highest BCUT2D eigenvalue weighted by Crippen LogP contribution is 2.28. The van der Waals surface area contributed by atoms with Crippen LogP contribution >= 0.6 is 15.9 Å². The van der Waals surface area contributed by atoms with Crippen molar-refractivity contribution in [1.29, 1.82) is 0 Å². The van der Waals surface area contributed by atoms with E-state index in [1.807, 2.05) is 29.2 Å². The predicted molar refractivity (Wildman–Crippen MR) is 80.9 cm³/mol. The molecule has 1 aromatic carbocycles. The van der Waals surface area contributed by atoms with E-state index < -0.39 is 0 Å². The maximum Gasteiger partial charge on any atom is 0.227 e. The average molecular weight is 325 g/mol. The van der Waals surface area contributed by atoms with Crippen LogP contribution in [0.1, 0.15) is 31.7 Å². The van der Waals surface area contributed by atoms with Crippen molar-refractivity contribution in [3.8, 4) is 0 Å². The van der Waals surface area contributed by atoms with Gasteiger partial charge in [0.1, 0.15) is 0 Å². The summed E-state index contributed by atoms with van der Waals surface area (Å²) < 4.78 is 0.995. The van der Waals surface area contributed by atoms with E-state index in [4.69, 9.17) is 5.73 Å². The molecule has 1 saturated heterocycles. The van der Waals surface area contributed by atoms with Crippen LogP contribution in [-0.2, 0) is 11.2 Å². The number of carbonyl (C=O) groups excluding carboxylic acids is 1. The number of hydrogen-bond acceptors (Lipinski definition) is 2. The van der Waals surface area contributed by atoms with Crippen LogP contribution < -0.4 is 5.73 Å². The average Bonchev–Trinajstić information content (AvgIpc) is 2.42. The lowest BCUT2D eigenvalue weighted by Gasteiger charge is -2.44. The Balaban J connectivity index is 2.13. The second kappa shape index (κ2) is 6.06. The minimum Gasteiger partial charge on any atom is -0.336 e. The van der Waals surface area contributed by atoms with Gasteiger partial charge >= 0.3 is 0 Å². The number of amides is 1. The second-order valence-electron chi connectivity index (χ2n) is 5.47. The Kier molecular flexibility index (Phi) is 4.63. The highest BCUT2D eigenvalue weighted by atomic mass is 79.9. The van der Waals surface area contributed by atoms with Gasteiger partial charge in [-0.15, -0.1) is 0 Å². The van der Waals surface area contributed by atoms with Crippen LogP contribution in [0.4, 0.5) is 0 Å². The lowest BCUT2D eigenvalue weighted by Crippen LogP contribution is -2.57. The van der Waals surface area contributed by atoms with Crippen molar-refractivity contribution < 1.29 is 4.79 Å². The molecule has 0 bridgehead atoms. The molecule has 4 heteroatoms. The van der Waals surface area contributed by atoms with Crippen molar-refractivity contribution >= 4 is 21.8 Å². The molecule has 1 aromatic rings. The fourth-order valence-electron chi connectivity index (χ4n) is 2.72. The number of nitrogens with two attached hydrogens (primary N) is 1. The molecule has 3 nitrogen and oxygen atoms in total. The molecule has 0 radical (unpaired) electrons. The van der Waals surface area contributed by atoms with Gasteiger partial charge in [0.25, 0.3) is 0 Å². The first-order chi connectivity index (χ1) is 9.07. The maximum absolute atomic E-state index is 12.5. The summed E-state index contributed by atoms with van der Waals surface area (Å²) in [5, 5.41) is 0. The SMILES string of the molecule is CC1(CN)CCCCN1C(=O)Cc1ccccc1Br. The van der Waals surface area contributed by atoms with Crippen molar-refractivity contribution in [3.05, 3.63) is 34.3 Å². The number of benzene rings is 1. The number of rotatable bonds is 3. The molecule has 0 aliphatic carbocycles. The van der Waals surface area contributed by atoms with E-state index >= 15 is 0 Å². The van der Waals surface area contributed by atoms with Gasteiger partial charge in [0.15, 0.2) is 0 Å². The van der Waals surface area contributed by atoms with Gasteiger partial charge in [0.05, 0.1) is 12.0 Å². The number of nitrogens with zero attached hydrogens (tertiary/aromatic N) is 1. The Morgan fingerprint density at radius 3 is 2.84 bits per heavy atom. The van der Waals surface area contributed by atoms with Gasteiger partial charge in [-0.25, -0.2) is 0 Å². The van der Waals surface area contributed by atoms with E-state index in [-0.39, 0.29) is 11.4 Å². The number of piperidine rings is 1. The van der Waals surface area contributed by atoms with Crippen LogP contribution in [0.2, 0.25) is 0 Å². The van der Waals surface area contributed by atoms with Crippen molar-refractivity contribution in [3.63, 3.8) is 0 Å². The van der Waals surface area contributed by atoms with E-state index in [0.717, 1.165) is 35.8 Å². The minimum absolute atomic E-state index is 0.170. The van der Waals surface area contributed by atoms with Crippen LogP contribution in [0.5, 0.6) is 0 Å². The number of likely N-dealkylation sites (tertiary alicyclic amines) is 1. The zero-order valence-electron chi connectivity index (χ0n) is 11.4. The molecule has 1 amide bonds. The Morgan fingerprint density at radius 1 is 1.42 bits per heavy atom. The van der Waals surface area contributed by atoms with Crippen molar-refractivity contribution in [2.45, 2.75) is 38.1 Å². The quantitative estimate of drug-likeness (QED) is 0.929. The van der Waals surface area contributed by atoms with Crippen molar-refractivity contribution in [1.82, 2.24) is 4.90 Å². The van der Waals surface area contributed by atoms with Gasteiger partial charge in [-0.05, 0) is 37.8 Å². The summed E-state index contributed by atoms with van der Waals surface area (Å²) >= 11 is 3.50. The fourth-order valence-corrected chi connectivity index (χ4v) is 3.14. The summed E-state index contributed by atoms with van der Waals surface area (Å²) in [5.74, 6) is 0.180. The van der Waals surface area contributed by atoms with Crippen LogP contribution in [-0.4, -0.2) is 29.4 Å². The third-order valence-corrected chi connectivity index (χ3v) is 4.81. The standard InChI is InChI=1S/C15H21BrN2O/c1-15(11-17)8-4-5-9-18(15)14(19)10-12-6-2-3-7-13(12)16/h2-3,6-7H,4-5,8-11,17H2,1H3. The lowest BCUT2D eigenvalue weighted by molar-refractivity contribution is -0.138. The van der Waals surface area contributed by atoms with Crippen LogP contribution in [0.3, 0.4) is 0 Å². The highest BCUT2D eigenvalue weighted by Gasteiger charge is 2.36. The van der Waals surface area contributed by atoms with Crippen LogP contribution in [0, 0.1) is 0 Å². The first-order valence-electron chi connectivity index (χ1n) is 6.81. The summed E-state index contributed by atoms with van der Waals surface area (Å²) in [5.41, 5.74) is 6.76. The molecule has 1 fully saturated rings. The zero-order chi connectivity index (χ0) is 13.9. The fraction of sp³-hybridized carbons (Fsp3) is 0.533. The molecule has 1 aliphatic rings. The molecule has 19 heavy (non-hydrogen) atoms. The maximum atomic E-state index is 12.5. The largest absolute Gasteiger partial charge is 0.336 e. The predicted octanol–water partition coefficient (Wildman–Crippen LogP) is 2.72. The highest BCUT2D eigenvalue weighted by molar-refractivity contribution is 9.10. The first-order valence-corrected chi connectivity index (χ1v) is 7.60. The lowest BCUT2D eigenvalue weighted by atomic mass is 9.88. The summed E-state index contributed by atoms with van der Waals surface area (Å²) in [7, 11) is 0. The summed E-state index contributed by atoms with van der Waals surface area (Å²) in [6.07, 6.45) is 3.69. The first kappa shape index (κ1) is 14.5. The van der Waals surface area contributed by atoms with Gasteiger partial charge in [0, 0.05) is 17.6 Å². The molecule has 0 spiro atoms. The van der Waals surface area contributed by atoms with Crippen LogP contribution in [0.15, 0.2) is 28.7 Å². The second-order valence-corrected chi connectivity index (χ2v) is 6.33. The zero-order valence-corrected chi connectivity index (χ0v) is 12.9. The van der Waals surface area contributed by atoms with Gasteiger partial charge in [-0.1, -0.05) is 34.1 Å². The third kappa shape index (κ3) is 3.18. The van der Waals surface area contributed by atoms with E-state index in [1.165, 1.54) is 0 Å². The van der Waals surface area contributed by atoms with Gasteiger partial charge < -0.3 is 10.6 Å². The number of halogens is 1. The topological polar surface area (TPSA) is 46.3 Å². The Morgan fingerprint density at radius 2 is 2.16 bits per heavy atom. The molecule has 2 rings (SSSR count). The van der Waals surface area contributed by atoms with Gasteiger partial charge in [0.2, 0.25) is 5.91 Å². The minimum atomic E-state index is -0.170. The molecule has 0 aromatic heterocycles. The normalized spacial score (nSPS) is 23.4.